The van der Waals surface area contributed by atoms with Crippen molar-refractivity contribution in [3.8, 4) is 0 Å². The molecule has 132 valence electrons. The van der Waals surface area contributed by atoms with Crippen LogP contribution in [-0.2, 0) is 49.3 Å². The number of halogens is 2. The Labute approximate surface area is 169 Å². The molecule has 0 radical (unpaired) electrons. The number of hydrogen-bond donors (Lipinski definition) is 3. The van der Waals surface area contributed by atoms with Crippen molar-refractivity contribution in [1.82, 2.24) is 16.3 Å². The van der Waals surface area contributed by atoms with Crippen LogP contribution in [-0.4, -0.2) is 31.7 Å². The van der Waals surface area contributed by atoms with E-state index in [4.69, 9.17) is 37.9 Å². The summed E-state index contributed by atoms with van der Waals surface area (Å²) in [5.41, 5.74) is 6.33. The minimum absolute atomic E-state index is 0.569. The van der Waals surface area contributed by atoms with Crippen LogP contribution in [0.15, 0.2) is 0 Å². The van der Waals surface area contributed by atoms with Gasteiger partial charge in [0.2, 0.25) is 0 Å². The van der Waals surface area contributed by atoms with Crippen LogP contribution >= 0.6 is 55.7 Å². The van der Waals surface area contributed by atoms with Crippen LogP contribution in [0, 0.1) is 0 Å². The van der Waals surface area contributed by atoms with E-state index >= 15 is 0 Å². The summed E-state index contributed by atoms with van der Waals surface area (Å²) in [5, 5.41) is 0. The Bertz CT molecular complexity index is 208. The van der Waals surface area contributed by atoms with Crippen LogP contribution in [0.3, 0.4) is 0 Å². The molecule has 0 aliphatic heterocycles. The van der Waals surface area contributed by atoms with Gasteiger partial charge in [0.05, 0.1) is 0 Å². The fraction of sp³-hybridized carbons (Fsp3) is 0.500. The average molecular weight is 496 g/mol. The van der Waals surface area contributed by atoms with Gasteiger partial charge in [0, 0.05) is 0 Å². The molecule has 0 aliphatic rings. The van der Waals surface area contributed by atoms with Gasteiger partial charge in [0.25, 0.3) is 13.0 Å². The van der Waals surface area contributed by atoms with E-state index < -0.39 is 0 Å². The molecule has 0 bridgehead atoms. The molecule has 0 rings (SSSR count). The Morgan fingerprint density at radius 3 is 0.905 bits per heavy atom. The third-order valence-corrected chi connectivity index (χ3v) is 4.35. The Hall–Kier alpha value is 2.15. The van der Waals surface area contributed by atoms with Crippen LogP contribution in [0.5, 0.6) is 0 Å². The molecule has 0 unspecified atom stereocenters. The van der Waals surface area contributed by atoms with Gasteiger partial charge < -0.3 is 33.8 Å². The summed E-state index contributed by atoms with van der Waals surface area (Å²) in [7, 11) is 9.40. The SMILES string of the molecule is CSC(=[SH+])N[NH-].CSC(=[SH+])N[NH-].CSC(=[SH+])N[NH-].[Cl][Ni][Cl]. The summed E-state index contributed by atoms with van der Waals surface area (Å²) < 4.78 is 1.86. The molecule has 0 fully saturated rings. The molecule has 0 amide bonds. The summed E-state index contributed by atoms with van der Waals surface area (Å²) >= 11 is 16.2. The van der Waals surface area contributed by atoms with E-state index in [9.17, 15) is 0 Å². The molecule has 0 aromatic carbocycles. The number of rotatable bonds is 0. The fourth-order valence-corrected chi connectivity index (χ4v) is 0.459. The topological polar surface area (TPSA) is 107 Å². The van der Waals surface area contributed by atoms with Crippen LogP contribution in [0.25, 0.3) is 17.5 Å². The Balaban J connectivity index is -0.0000000944. The first-order valence-corrected chi connectivity index (χ1v) is 12.0. The average Bonchev–Trinajstić information content (AvgIpc) is 2.54. The summed E-state index contributed by atoms with van der Waals surface area (Å²) in [4.78, 5) is 0. The third-order valence-electron chi connectivity index (χ3n) is 0.901. The molecule has 0 aromatic rings. The van der Waals surface area contributed by atoms with Crippen molar-refractivity contribution in [2.24, 2.45) is 0 Å². The summed E-state index contributed by atoms with van der Waals surface area (Å²) in [6.07, 6.45) is 5.55. The molecule has 6 N–H and O–H groups in total. The first-order chi connectivity index (χ1) is 9.84. The summed E-state index contributed by atoms with van der Waals surface area (Å²) in [6, 6.07) is 0. The minimum atomic E-state index is 0.569. The maximum atomic E-state index is 6.42. The van der Waals surface area contributed by atoms with Gasteiger partial charge in [0.1, 0.15) is 0 Å². The molecule has 15 heteroatoms. The molecule has 21 heavy (non-hydrogen) atoms. The zero-order chi connectivity index (χ0) is 17.7. The second-order valence-electron chi connectivity index (χ2n) is 1.95. The van der Waals surface area contributed by atoms with E-state index in [1.54, 1.807) is 0 Å². The van der Waals surface area contributed by atoms with Crippen molar-refractivity contribution >= 4 is 105 Å². The normalized spacial score (nSPS) is 8.19. The van der Waals surface area contributed by atoms with Gasteiger partial charge in [-0.15, -0.1) is 0 Å². The quantitative estimate of drug-likeness (QED) is 0.156. The first kappa shape index (κ1) is 31.0. The Morgan fingerprint density at radius 2 is 0.905 bits per heavy atom. The monoisotopic (exact) mass is 494 g/mol. The van der Waals surface area contributed by atoms with Crippen LogP contribution < -0.4 is 16.3 Å². The van der Waals surface area contributed by atoms with E-state index in [1.165, 1.54) is 35.3 Å². The number of nitrogens with one attached hydrogen (secondary N) is 6. The second-order valence-corrected chi connectivity index (χ2v) is 8.28. The Kier molecular flexibility index (Phi) is 44.4. The van der Waals surface area contributed by atoms with E-state index in [2.05, 4.69) is 52.9 Å². The van der Waals surface area contributed by atoms with Gasteiger partial charge in [-0.3, -0.25) is 0 Å². The molecular weight excluding hydrogens is 478 g/mol. The van der Waals surface area contributed by atoms with Crippen molar-refractivity contribution in [3.05, 3.63) is 17.5 Å². The predicted octanol–water partition coefficient (Wildman–Crippen LogP) is 2.19. The van der Waals surface area contributed by atoms with Crippen molar-refractivity contribution in [2.75, 3.05) is 18.8 Å². The van der Waals surface area contributed by atoms with Crippen LogP contribution in [0.4, 0.5) is 0 Å². The zero-order valence-corrected chi connectivity index (χ0v) is 18.8. The number of thioether (sulfide) groups is 3. The number of hydrogen-bond acceptors (Lipinski definition) is 3. The van der Waals surface area contributed by atoms with E-state index in [0.29, 0.717) is 25.6 Å². The van der Waals surface area contributed by atoms with Crippen LogP contribution in [0.1, 0.15) is 0 Å². The second kappa shape index (κ2) is 30.1. The molecule has 0 saturated carbocycles. The van der Waals surface area contributed by atoms with E-state index in [0.717, 1.165) is 0 Å². The maximum absolute atomic E-state index is 6.42. The third kappa shape index (κ3) is 44.9. The van der Waals surface area contributed by atoms with Gasteiger partial charge in [-0.2, -0.15) is 0 Å². The molecule has 0 saturated heterocycles. The zero-order valence-electron chi connectivity index (χ0n) is 11.1. The summed E-state index contributed by atoms with van der Waals surface area (Å²) in [6.45, 7) is 0. The van der Waals surface area contributed by atoms with E-state index in [1.807, 2.05) is 18.8 Å². The molecule has 6 nitrogen and oxygen atoms in total. The van der Waals surface area contributed by atoms with Crippen LogP contribution in [0.2, 0.25) is 0 Å². The van der Waals surface area contributed by atoms with Crippen molar-refractivity contribution in [1.29, 1.82) is 0 Å². The molecular formula is C6H18Cl2N6NiS6. The van der Waals surface area contributed by atoms with E-state index in [-0.39, 0.29) is 0 Å². The van der Waals surface area contributed by atoms with Gasteiger partial charge in [-0.05, 0) is 18.8 Å². The molecule has 0 atom stereocenters. The molecule has 0 heterocycles. The fourth-order valence-electron chi connectivity index (χ4n) is 0.153. The van der Waals surface area contributed by atoms with Crippen molar-refractivity contribution in [3.63, 3.8) is 0 Å². The first-order valence-electron chi connectivity index (χ1n) is 4.25. The number of thiol groups is 3. The molecule has 0 aliphatic carbocycles. The van der Waals surface area contributed by atoms with Gasteiger partial charge in [-0.1, -0.05) is 35.3 Å². The van der Waals surface area contributed by atoms with Crippen molar-refractivity contribution in [2.45, 2.75) is 0 Å². The van der Waals surface area contributed by atoms with Crippen molar-refractivity contribution < 1.29 is 12.7 Å². The predicted molar refractivity (Wildman–Crippen MR) is 116 cm³/mol. The Morgan fingerprint density at radius 1 is 0.762 bits per heavy atom. The van der Waals surface area contributed by atoms with Gasteiger partial charge in [-0.25, -0.2) is 0 Å². The van der Waals surface area contributed by atoms with Gasteiger partial charge >= 0.3 is 33.0 Å². The summed E-state index contributed by atoms with van der Waals surface area (Å²) in [5.74, 6) is 19.3. The standard InChI is InChI=1S/3C2H5N2S2.2ClH.Ni/c3*1-6-2(5)4-3;;;/h3*3H,1H3,(H,4,5);2*1H;/q3*-1;;;+2/p+1. The molecule has 0 spiro atoms. The van der Waals surface area contributed by atoms with Gasteiger partial charge in [0.15, 0.2) is 36.7 Å². The molecule has 0 aromatic heterocycles.